The third-order valence-electron chi connectivity index (χ3n) is 4.19. The number of hydrogen-bond donors (Lipinski definition) is 1. The molecule has 0 spiro atoms. The molecule has 0 bridgehead atoms. The summed E-state index contributed by atoms with van der Waals surface area (Å²) in [5, 5.41) is 2.04. The number of ether oxygens (including phenoxy) is 1. The Balaban J connectivity index is 1.63. The van der Waals surface area contributed by atoms with E-state index in [1.54, 1.807) is 37.5 Å². The fourth-order valence-electron chi connectivity index (χ4n) is 2.81. The maximum absolute atomic E-state index is 12.4. The standard InChI is InChI=1S/C17H18N2O6S2/c1-25-13-4-2-11(3-5-13)8-14-16(21)19(17(22)26-14)9-15(20)18-12-6-7-27(23,24)10-12/h2-5,8,12H,6-7,9-10H2,1H3,(H,18,20)/b14-8+/t12-/m0/s1. The van der Waals surface area contributed by atoms with Crippen LogP contribution in [0.25, 0.3) is 6.08 Å². The van der Waals surface area contributed by atoms with Gasteiger partial charge in [-0.1, -0.05) is 12.1 Å². The van der Waals surface area contributed by atoms with Crippen molar-refractivity contribution in [1.29, 1.82) is 0 Å². The predicted molar refractivity (Wildman–Crippen MR) is 101 cm³/mol. The molecular weight excluding hydrogens is 392 g/mol. The fourth-order valence-corrected chi connectivity index (χ4v) is 5.33. The normalized spacial score (nSPS) is 23.1. The summed E-state index contributed by atoms with van der Waals surface area (Å²) in [4.78, 5) is 37.7. The summed E-state index contributed by atoms with van der Waals surface area (Å²) < 4.78 is 27.9. The largest absolute Gasteiger partial charge is 0.497 e. The van der Waals surface area contributed by atoms with Crippen molar-refractivity contribution in [3.63, 3.8) is 0 Å². The number of carbonyl (C=O) groups excluding carboxylic acids is 3. The van der Waals surface area contributed by atoms with Crippen LogP contribution in [0.5, 0.6) is 5.75 Å². The van der Waals surface area contributed by atoms with Gasteiger partial charge in [-0.2, -0.15) is 0 Å². The highest BCUT2D eigenvalue weighted by molar-refractivity contribution is 8.18. The Morgan fingerprint density at radius 2 is 2.04 bits per heavy atom. The minimum atomic E-state index is -3.12. The highest BCUT2D eigenvalue weighted by Crippen LogP contribution is 2.32. The van der Waals surface area contributed by atoms with Crippen LogP contribution in [0, 0.1) is 0 Å². The Morgan fingerprint density at radius 1 is 1.33 bits per heavy atom. The number of amides is 3. The van der Waals surface area contributed by atoms with Crippen molar-refractivity contribution < 1.29 is 27.5 Å². The summed E-state index contributed by atoms with van der Waals surface area (Å²) in [6, 6.07) is 6.50. The number of methoxy groups -OCH3 is 1. The molecule has 3 rings (SSSR count). The number of rotatable bonds is 5. The topological polar surface area (TPSA) is 110 Å². The van der Waals surface area contributed by atoms with Crippen LogP contribution in [-0.4, -0.2) is 61.6 Å². The molecule has 0 radical (unpaired) electrons. The molecular formula is C17H18N2O6S2. The number of imide groups is 1. The van der Waals surface area contributed by atoms with Gasteiger partial charge in [-0.3, -0.25) is 19.3 Å². The van der Waals surface area contributed by atoms with Crippen molar-refractivity contribution in [3.05, 3.63) is 34.7 Å². The Kier molecular flexibility index (Phi) is 5.56. The third-order valence-corrected chi connectivity index (χ3v) is 6.86. The maximum atomic E-state index is 12.4. The summed E-state index contributed by atoms with van der Waals surface area (Å²) in [5.41, 5.74) is 0.724. The van der Waals surface area contributed by atoms with Gasteiger partial charge in [0.1, 0.15) is 12.3 Å². The number of hydrogen-bond acceptors (Lipinski definition) is 7. The molecule has 0 aliphatic carbocycles. The van der Waals surface area contributed by atoms with E-state index >= 15 is 0 Å². The Morgan fingerprint density at radius 3 is 2.63 bits per heavy atom. The number of carbonyl (C=O) groups is 3. The summed E-state index contributed by atoms with van der Waals surface area (Å²) in [7, 11) is -1.57. The van der Waals surface area contributed by atoms with E-state index in [0.717, 1.165) is 22.2 Å². The molecule has 2 aliphatic rings. The lowest BCUT2D eigenvalue weighted by molar-refractivity contribution is -0.129. The van der Waals surface area contributed by atoms with Gasteiger partial charge in [-0.05, 0) is 42.0 Å². The van der Waals surface area contributed by atoms with Gasteiger partial charge in [0.15, 0.2) is 9.84 Å². The first-order chi connectivity index (χ1) is 12.8. The van der Waals surface area contributed by atoms with Gasteiger partial charge < -0.3 is 10.1 Å². The average Bonchev–Trinajstić information content (AvgIpc) is 3.09. The van der Waals surface area contributed by atoms with E-state index in [0.29, 0.717) is 12.2 Å². The van der Waals surface area contributed by atoms with Gasteiger partial charge in [0.25, 0.3) is 11.1 Å². The van der Waals surface area contributed by atoms with Crippen molar-refractivity contribution in [1.82, 2.24) is 10.2 Å². The number of benzene rings is 1. The summed E-state index contributed by atoms with van der Waals surface area (Å²) in [6.45, 7) is -0.429. The van der Waals surface area contributed by atoms with Gasteiger partial charge in [-0.25, -0.2) is 8.42 Å². The lowest BCUT2D eigenvalue weighted by Gasteiger charge is -2.15. The fraction of sp³-hybridized carbons (Fsp3) is 0.353. The van der Waals surface area contributed by atoms with Gasteiger partial charge in [0.2, 0.25) is 5.91 Å². The molecule has 1 N–H and O–H groups in total. The van der Waals surface area contributed by atoms with Crippen molar-refractivity contribution in [2.24, 2.45) is 0 Å². The minimum Gasteiger partial charge on any atom is -0.497 e. The monoisotopic (exact) mass is 410 g/mol. The SMILES string of the molecule is COc1ccc(/C=C2/SC(=O)N(CC(=O)N[C@H]3CCS(=O)(=O)C3)C2=O)cc1. The van der Waals surface area contributed by atoms with Crippen LogP contribution >= 0.6 is 11.8 Å². The molecule has 2 aliphatic heterocycles. The zero-order valence-corrected chi connectivity index (χ0v) is 16.1. The smallest absolute Gasteiger partial charge is 0.294 e. The van der Waals surface area contributed by atoms with Crippen molar-refractivity contribution in [3.8, 4) is 5.75 Å². The van der Waals surface area contributed by atoms with Crippen molar-refractivity contribution in [2.75, 3.05) is 25.2 Å². The zero-order valence-electron chi connectivity index (χ0n) is 14.5. The molecule has 2 heterocycles. The van der Waals surface area contributed by atoms with E-state index in [1.807, 2.05) is 0 Å². The highest BCUT2D eigenvalue weighted by Gasteiger charge is 2.37. The second kappa shape index (κ2) is 7.73. The average molecular weight is 410 g/mol. The van der Waals surface area contributed by atoms with Crippen LogP contribution in [0.3, 0.4) is 0 Å². The lowest BCUT2D eigenvalue weighted by Crippen LogP contribution is -2.43. The highest BCUT2D eigenvalue weighted by atomic mass is 32.2. The first kappa shape index (κ1) is 19.4. The van der Waals surface area contributed by atoms with Crippen LogP contribution in [0.4, 0.5) is 4.79 Å². The molecule has 0 unspecified atom stereocenters. The molecule has 144 valence electrons. The van der Waals surface area contributed by atoms with E-state index in [2.05, 4.69) is 5.32 Å². The van der Waals surface area contributed by atoms with Crippen molar-refractivity contribution >= 4 is 44.7 Å². The lowest BCUT2D eigenvalue weighted by atomic mass is 10.2. The third kappa shape index (κ3) is 4.69. The molecule has 0 saturated carbocycles. The molecule has 0 aromatic heterocycles. The van der Waals surface area contributed by atoms with Gasteiger partial charge in [0, 0.05) is 6.04 Å². The number of sulfone groups is 1. The van der Waals surface area contributed by atoms with Crippen LogP contribution in [0.15, 0.2) is 29.2 Å². The van der Waals surface area contributed by atoms with E-state index < -0.39 is 39.5 Å². The predicted octanol–water partition coefficient (Wildman–Crippen LogP) is 1.03. The van der Waals surface area contributed by atoms with E-state index in [9.17, 15) is 22.8 Å². The first-order valence-electron chi connectivity index (χ1n) is 8.16. The van der Waals surface area contributed by atoms with Crippen molar-refractivity contribution in [2.45, 2.75) is 12.5 Å². The first-order valence-corrected chi connectivity index (χ1v) is 10.8. The maximum Gasteiger partial charge on any atom is 0.294 e. The molecule has 1 atom stereocenters. The van der Waals surface area contributed by atoms with E-state index in [-0.39, 0.29) is 16.4 Å². The number of thioether (sulfide) groups is 1. The molecule has 8 nitrogen and oxygen atoms in total. The molecule has 2 fully saturated rings. The molecule has 10 heteroatoms. The molecule has 1 aromatic carbocycles. The summed E-state index contributed by atoms with van der Waals surface area (Å²) in [5.74, 6) is -0.506. The molecule has 1 aromatic rings. The Labute approximate surface area is 160 Å². The summed E-state index contributed by atoms with van der Waals surface area (Å²) >= 11 is 0.762. The van der Waals surface area contributed by atoms with Crippen LogP contribution in [-0.2, 0) is 19.4 Å². The molecule has 2 saturated heterocycles. The zero-order chi connectivity index (χ0) is 19.6. The van der Waals surface area contributed by atoms with Crippen LogP contribution in [0.1, 0.15) is 12.0 Å². The Bertz CT molecular complexity index is 908. The van der Waals surface area contributed by atoms with Gasteiger partial charge >= 0.3 is 0 Å². The van der Waals surface area contributed by atoms with Crippen LogP contribution in [0.2, 0.25) is 0 Å². The van der Waals surface area contributed by atoms with Gasteiger partial charge in [-0.15, -0.1) is 0 Å². The van der Waals surface area contributed by atoms with E-state index in [4.69, 9.17) is 4.74 Å². The number of nitrogens with one attached hydrogen (secondary N) is 1. The second-order valence-corrected chi connectivity index (χ2v) is 9.43. The summed E-state index contributed by atoms with van der Waals surface area (Å²) in [6.07, 6.45) is 1.92. The second-order valence-electron chi connectivity index (χ2n) is 6.21. The van der Waals surface area contributed by atoms with Crippen LogP contribution < -0.4 is 10.1 Å². The number of nitrogens with zero attached hydrogens (tertiary/aromatic N) is 1. The minimum absolute atomic E-state index is 0.0319. The van der Waals surface area contributed by atoms with Gasteiger partial charge in [0.05, 0.1) is 23.5 Å². The molecule has 27 heavy (non-hydrogen) atoms. The quantitative estimate of drug-likeness (QED) is 0.722. The Hall–Kier alpha value is -2.33. The van der Waals surface area contributed by atoms with E-state index in [1.165, 1.54) is 0 Å². The molecule has 3 amide bonds.